The number of likely N-dealkylation sites (tertiary alicyclic amines) is 2. The number of esters is 1. The number of carbonyl (C=O) groups is 4. The number of ether oxygens (including phenoxy) is 3. The number of hydrogen-bond donors (Lipinski definition) is 1. The average Bonchev–Trinajstić information content (AvgIpc) is 3.09. The number of benzene rings is 1. The molecular weight excluding hydrogens is 612 g/mol. The van der Waals surface area contributed by atoms with Crippen molar-refractivity contribution in [2.45, 2.75) is 90.7 Å². The second-order valence-corrected chi connectivity index (χ2v) is 13.8. The van der Waals surface area contributed by atoms with Crippen molar-refractivity contribution in [1.82, 2.24) is 20.1 Å². The van der Waals surface area contributed by atoms with E-state index in [0.717, 1.165) is 49.0 Å². The molecule has 1 aromatic carbocycles. The minimum absolute atomic E-state index is 0.0424. The highest BCUT2D eigenvalue weighted by Gasteiger charge is 2.32. The van der Waals surface area contributed by atoms with E-state index in [1.807, 2.05) is 51.1 Å². The largest absolute Gasteiger partial charge is 0.494 e. The molecule has 2 aromatic rings. The van der Waals surface area contributed by atoms with E-state index >= 15 is 0 Å². The Labute approximate surface area is 284 Å². The molecule has 0 spiro atoms. The van der Waals surface area contributed by atoms with E-state index in [1.54, 1.807) is 22.2 Å². The van der Waals surface area contributed by atoms with Crippen LogP contribution in [0.1, 0.15) is 90.7 Å². The van der Waals surface area contributed by atoms with E-state index in [0.29, 0.717) is 57.1 Å². The molecule has 0 bridgehead atoms. The van der Waals surface area contributed by atoms with Gasteiger partial charge in [0.2, 0.25) is 11.8 Å². The molecule has 2 saturated heterocycles. The molecule has 11 nitrogen and oxygen atoms in total. The summed E-state index contributed by atoms with van der Waals surface area (Å²) in [5.41, 5.74) is 1.96. The molecule has 3 heterocycles. The van der Waals surface area contributed by atoms with Gasteiger partial charge in [-0.3, -0.25) is 19.4 Å². The van der Waals surface area contributed by atoms with Crippen LogP contribution in [0, 0.1) is 11.8 Å². The first-order chi connectivity index (χ1) is 23.0. The maximum atomic E-state index is 13.6. The summed E-state index contributed by atoms with van der Waals surface area (Å²) in [6, 6.07) is 9.04. The average molecular weight is 665 g/mol. The lowest BCUT2D eigenvalue weighted by Gasteiger charge is -2.35. The van der Waals surface area contributed by atoms with Crippen LogP contribution in [-0.4, -0.2) is 84.2 Å². The molecule has 2 aliphatic heterocycles. The Morgan fingerprint density at radius 1 is 0.979 bits per heavy atom. The van der Waals surface area contributed by atoms with E-state index < -0.39 is 17.6 Å². The fourth-order valence-electron chi connectivity index (χ4n) is 6.20. The van der Waals surface area contributed by atoms with Gasteiger partial charge in [0.15, 0.2) is 0 Å². The maximum absolute atomic E-state index is 13.6. The molecule has 0 aliphatic carbocycles. The van der Waals surface area contributed by atoms with Gasteiger partial charge < -0.3 is 29.3 Å². The van der Waals surface area contributed by atoms with Gasteiger partial charge >= 0.3 is 12.1 Å². The summed E-state index contributed by atoms with van der Waals surface area (Å²) in [6.45, 7) is 10.5. The van der Waals surface area contributed by atoms with Crippen molar-refractivity contribution in [1.29, 1.82) is 0 Å². The molecule has 0 radical (unpaired) electrons. The van der Waals surface area contributed by atoms with Crippen molar-refractivity contribution >= 4 is 23.9 Å². The van der Waals surface area contributed by atoms with Crippen LogP contribution in [0.5, 0.6) is 5.75 Å². The summed E-state index contributed by atoms with van der Waals surface area (Å²) in [6.07, 6.45) is 8.26. The highest BCUT2D eigenvalue weighted by Crippen LogP contribution is 2.28. The number of carbonyl (C=O) groups excluding carboxylic acids is 4. The summed E-state index contributed by atoms with van der Waals surface area (Å²) in [4.78, 5) is 59.6. The number of nitrogens with one attached hydrogen (secondary N) is 1. The van der Waals surface area contributed by atoms with Crippen LogP contribution in [0.4, 0.5) is 4.79 Å². The molecule has 1 aromatic heterocycles. The monoisotopic (exact) mass is 664 g/mol. The zero-order valence-electron chi connectivity index (χ0n) is 29.2. The Hall–Kier alpha value is -4.15. The van der Waals surface area contributed by atoms with Gasteiger partial charge in [0, 0.05) is 50.6 Å². The van der Waals surface area contributed by atoms with Crippen LogP contribution in [-0.2, 0) is 23.9 Å². The Morgan fingerprint density at radius 2 is 1.71 bits per heavy atom. The normalized spacial score (nSPS) is 17.7. The van der Waals surface area contributed by atoms with Crippen LogP contribution in [0.25, 0.3) is 11.1 Å². The Bertz CT molecular complexity index is 1380. The first-order valence-corrected chi connectivity index (χ1v) is 17.3. The second-order valence-electron chi connectivity index (χ2n) is 13.8. The van der Waals surface area contributed by atoms with Gasteiger partial charge in [-0.2, -0.15) is 0 Å². The number of rotatable bonds is 12. The maximum Gasteiger partial charge on any atom is 0.410 e. The minimum atomic E-state index is -0.637. The first-order valence-electron chi connectivity index (χ1n) is 17.3. The zero-order chi connectivity index (χ0) is 34.7. The minimum Gasteiger partial charge on any atom is -0.494 e. The predicted octanol–water partition coefficient (Wildman–Crippen LogP) is 5.92. The Kier molecular flexibility index (Phi) is 13.2. The zero-order valence-corrected chi connectivity index (χ0v) is 29.2. The van der Waals surface area contributed by atoms with Crippen LogP contribution < -0.4 is 10.1 Å². The molecule has 2 aliphatic rings. The second kappa shape index (κ2) is 17.3. The van der Waals surface area contributed by atoms with E-state index in [1.165, 1.54) is 7.11 Å². The van der Waals surface area contributed by atoms with Gasteiger partial charge in [0.05, 0.1) is 32.1 Å². The molecule has 11 heteroatoms. The topological polar surface area (TPSA) is 127 Å². The third-order valence-electron chi connectivity index (χ3n) is 8.91. The highest BCUT2D eigenvalue weighted by atomic mass is 16.6. The van der Waals surface area contributed by atoms with Gasteiger partial charge in [-0.1, -0.05) is 19.1 Å². The van der Waals surface area contributed by atoms with Gasteiger partial charge in [-0.05, 0) is 94.5 Å². The van der Waals surface area contributed by atoms with Gasteiger partial charge in [0.1, 0.15) is 11.4 Å². The van der Waals surface area contributed by atoms with Crippen LogP contribution in [0.15, 0.2) is 42.7 Å². The van der Waals surface area contributed by atoms with Crippen LogP contribution in [0.2, 0.25) is 0 Å². The lowest BCUT2D eigenvalue weighted by Crippen LogP contribution is -2.46. The molecule has 0 saturated carbocycles. The van der Waals surface area contributed by atoms with E-state index in [4.69, 9.17) is 14.2 Å². The van der Waals surface area contributed by atoms with E-state index in [2.05, 4.69) is 17.2 Å². The molecule has 1 N–H and O–H groups in total. The number of pyridine rings is 1. The molecule has 48 heavy (non-hydrogen) atoms. The van der Waals surface area contributed by atoms with E-state index in [-0.39, 0.29) is 30.2 Å². The SMILES string of the molecule is CCCOc1ccc(-c2cncc([C@H](CC(=O)OC)NC(=O)[C@@H]3CCCN(C(=O)CCC4CCN(C(=O)OC(C)(C)C)CC4)C3)c2)cc1. The summed E-state index contributed by atoms with van der Waals surface area (Å²) in [7, 11) is 1.33. The van der Waals surface area contributed by atoms with Crippen molar-refractivity contribution in [2.75, 3.05) is 39.9 Å². The van der Waals surface area contributed by atoms with E-state index in [9.17, 15) is 19.2 Å². The third kappa shape index (κ3) is 11.0. The van der Waals surface area contributed by atoms with Crippen LogP contribution in [0.3, 0.4) is 0 Å². The Balaban J connectivity index is 1.32. The molecule has 0 unspecified atom stereocenters. The smallest absolute Gasteiger partial charge is 0.410 e. The summed E-state index contributed by atoms with van der Waals surface area (Å²) >= 11 is 0. The summed E-state index contributed by atoms with van der Waals surface area (Å²) < 4.78 is 16.1. The van der Waals surface area contributed by atoms with Gasteiger partial charge in [0.25, 0.3) is 0 Å². The third-order valence-corrected chi connectivity index (χ3v) is 8.91. The quantitative estimate of drug-likeness (QED) is 0.277. The number of piperidine rings is 2. The molecule has 2 atom stereocenters. The predicted molar refractivity (Wildman–Crippen MR) is 182 cm³/mol. The summed E-state index contributed by atoms with van der Waals surface area (Å²) in [5, 5.41) is 3.07. The molecule has 3 amide bonds. The fraction of sp³-hybridized carbons (Fsp3) is 0.595. The van der Waals surface area contributed by atoms with Crippen molar-refractivity contribution in [3.8, 4) is 16.9 Å². The molecule has 4 rings (SSSR count). The number of aromatic nitrogens is 1. The van der Waals surface area contributed by atoms with Crippen molar-refractivity contribution in [3.63, 3.8) is 0 Å². The number of nitrogens with zero attached hydrogens (tertiary/aromatic N) is 3. The lowest BCUT2D eigenvalue weighted by atomic mass is 9.91. The fourth-order valence-corrected chi connectivity index (χ4v) is 6.20. The molecular formula is C37H52N4O7. The van der Waals surface area contributed by atoms with Gasteiger partial charge in [-0.25, -0.2) is 4.79 Å². The number of amides is 3. The van der Waals surface area contributed by atoms with Gasteiger partial charge in [-0.15, -0.1) is 0 Å². The Morgan fingerprint density at radius 3 is 2.38 bits per heavy atom. The lowest BCUT2D eigenvalue weighted by molar-refractivity contribution is -0.141. The van der Waals surface area contributed by atoms with Crippen molar-refractivity contribution < 1.29 is 33.4 Å². The van der Waals surface area contributed by atoms with Crippen molar-refractivity contribution in [3.05, 3.63) is 48.3 Å². The molecule has 262 valence electrons. The summed E-state index contributed by atoms with van der Waals surface area (Å²) in [5.74, 6) is 0.190. The first kappa shape index (κ1) is 36.7. The number of methoxy groups -OCH3 is 1. The number of hydrogen-bond acceptors (Lipinski definition) is 8. The van der Waals surface area contributed by atoms with Crippen LogP contribution >= 0.6 is 0 Å². The molecule has 2 fully saturated rings. The van der Waals surface area contributed by atoms with Crippen molar-refractivity contribution in [2.24, 2.45) is 11.8 Å². The standard InChI is InChI=1S/C37H52N4O7/c1-6-20-47-31-12-10-27(11-13-31)29-21-30(24-38-23-29)32(22-34(43)46-5)39-35(44)28-8-7-17-41(25-28)33(42)14-9-26-15-18-40(19-16-26)36(45)48-37(2,3)4/h10-13,21,23-24,26,28,32H,6-9,14-20,22,25H2,1-5H3,(H,39,44)/t28-,32+/m1/s1. The highest BCUT2D eigenvalue weighted by molar-refractivity contribution is 5.82.